The fraction of sp³-hybridized carbons (Fsp3) is 0.200. The molecule has 0 saturated carbocycles. The summed E-state index contributed by atoms with van der Waals surface area (Å²) in [5.74, 6) is 0.559. The van der Waals surface area contributed by atoms with E-state index in [0.717, 1.165) is 11.1 Å². The van der Waals surface area contributed by atoms with E-state index in [1.807, 2.05) is 24.3 Å². The van der Waals surface area contributed by atoms with Gasteiger partial charge in [-0.05, 0) is 23.3 Å². The van der Waals surface area contributed by atoms with Crippen LogP contribution >= 0.6 is 11.6 Å². The number of hydrogen-bond donors (Lipinski definition) is 1. The highest BCUT2D eigenvalue weighted by Crippen LogP contribution is 2.13. The number of carbonyl (C=O) groups excluding carboxylic acids is 1. The van der Waals surface area contributed by atoms with E-state index in [2.05, 4.69) is 10.3 Å². The van der Waals surface area contributed by atoms with Crippen molar-refractivity contribution in [3.63, 3.8) is 0 Å². The Morgan fingerprint density at radius 1 is 1.30 bits per heavy atom. The molecule has 0 aliphatic rings. The van der Waals surface area contributed by atoms with Gasteiger partial charge in [-0.1, -0.05) is 24.3 Å². The van der Waals surface area contributed by atoms with Crippen molar-refractivity contribution in [1.82, 2.24) is 10.3 Å². The molecule has 20 heavy (non-hydrogen) atoms. The molecule has 4 nitrogen and oxygen atoms in total. The molecular formula is C15H15ClN2O2. The van der Waals surface area contributed by atoms with Crippen LogP contribution in [-0.4, -0.2) is 18.0 Å². The van der Waals surface area contributed by atoms with Crippen LogP contribution in [0.15, 0.2) is 42.6 Å². The number of carbonyl (C=O) groups is 1. The number of rotatable bonds is 5. The Morgan fingerprint density at radius 2 is 2.10 bits per heavy atom. The number of benzene rings is 1. The molecule has 0 aliphatic carbocycles. The Bertz CT molecular complexity index is 602. The third kappa shape index (κ3) is 3.48. The van der Waals surface area contributed by atoms with Gasteiger partial charge in [0.15, 0.2) is 0 Å². The second kappa shape index (κ2) is 6.91. The number of nitrogens with one attached hydrogen (secondary N) is 1. The van der Waals surface area contributed by atoms with Crippen molar-refractivity contribution in [2.24, 2.45) is 0 Å². The lowest BCUT2D eigenvalue weighted by molar-refractivity contribution is 0.0947. The zero-order valence-electron chi connectivity index (χ0n) is 11.1. The molecule has 0 aliphatic heterocycles. The van der Waals surface area contributed by atoms with Gasteiger partial charge >= 0.3 is 0 Å². The molecule has 1 heterocycles. The van der Waals surface area contributed by atoms with Crippen LogP contribution in [0.3, 0.4) is 0 Å². The van der Waals surface area contributed by atoms with Gasteiger partial charge in [-0.15, -0.1) is 11.6 Å². The lowest BCUT2D eigenvalue weighted by Crippen LogP contribution is -2.23. The normalized spacial score (nSPS) is 10.1. The minimum absolute atomic E-state index is 0.216. The summed E-state index contributed by atoms with van der Waals surface area (Å²) >= 11 is 5.78. The number of nitrogens with zero attached hydrogens (tertiary/aromatic N) is 1. The standard InChI is InChI=1S/C15H15ClN2O2/c1-20-15-13(6-3-7-17-15)14(19)18-10-12-5-2-4-11(8-12)9-16/h2-8H,9-10H2,1H3,(H,18,19). The molecule has 1 amide bonds. The molecule has 2 rings (SSSR count). The van der Waals surface area contributed by atoms with E-state index in [1.54, 1.807) is 18.3 Å². The fourth-order valence-electron chi connectivity index (χ4n) is 1.83. The minimum Gasteiger partial charge on any atom is -0.480 e. The van der Waals surface area contributed by atoms with E-state index >= 15 is 0 Å². The van der Waals surface area contributed by atoms with Crippen molar-refractivity contribution in [2.45, 2.75) is 12.4 Å². The molecule has 0 radical (unpaired) electrons. The monoisotopic (exact) mass is 290 g/mol. The second-order valence-corrected chi connectivity index (χ2v) is 4.46. The molecule has 0 saturated heterocycles. The van der Waals surface area contributed by atoms with Gasteiger partial charge in [0.05, 0.1) is 7.11 Å². The first kappa shape index (κ1) is 14.3. The second-order valence-electron chi connectivity index (χ2n) is 4.20. The zero-order valence-corrected chi connectivity index (χ0v) is 11.9. The first-order valence-corrected chi connectivity index (χ1v) is 6.69. The quantitative estimate of drug-likeness (QED) is 0.862. The highest BCUT2D eigenvalue weighted by Gasteiger charge is 2.12. The van der Waals surface area contributed by atoms with E-state index in [4.69, 9.17) is 16.3 Å². The summed E-state index contributed by atoms with van der Waals surface area (Å²) in [4.78, 5) is 16.1. The van der Waals surface area contributed by atoms with Crippen molar-refractivity contribution in [3.8, 4) is 5.88 Å². The van der Waals surface area contributed by atoms with Crippen molar-refractivity contribution in [3.05, 3.63) is 59.3 Å². The summed E-state index contributed by atoms with van der Waals surface area (Å²) in [6, 6.07) is 11.2. The van der Waals surface area contributed by atoms with E-state index in [1.165, 1.54) is 7.11 Å². The molecule has 0 fully saturated rings. The average Bonchev–Trinajstić information content (AvgIpc) is 2.52. The van der Waals surface area contributed by atoms with Crippen LogP contribution in [0.2, 0.25) is 0 Å². The smallest absolute Gasteiger partial charge is 0.257 e. The molecule has 0 bridgehead atoms. The maximum atomic E-state index is 12.1. The zero-order chi connectivity index (χ0) is 14.4. The van der Waals surface area contributed by atoms with Crippen LogP contribution < -0.4 is 10.1 Å². The maximum Gasteiger partial charge on any atom is 0.257 e. The molecule has 0 unspecified atom stereocenters. The minimum atomic E-state index is -0.216. The van der Waals surface area contributed by atoms with Crippen LogP contribution in [-0.2, 0) is 12.4 Å². The largest absolute Gasteiger partial charge is 0.480 e. The number of methoxy groups -OCH3 is 1. The van der Waals surface area contributed by atoms with E-state index < -0.39 is 0 Å². The van der Waals surface area contributed by atoms with Crippen LogP contribution in [0.4, 0.5) is 0 Å². The summed E-state index contributed by atoms with van der Waals surface area (Å²) in [5.41, 5.74) is 2.44. The first-order chi connectivity index (χ1) is 9.74. The summed E-state index contributed by atoms with van der Waals surface area (Å²) in [5, 5.41) is 2.84. The predicted octanol–water partition coefficient (Wildman–Crippen LogP) is 2.76. The summed E-state index contributed by atoms with van der Waals surface area (Å²) in [7, 11) is 1.49. The van der Waals surface area contributed by atoms with Crippen LogP contribution in [0.5, 0.6) is 5.88 Å². The highest BCUT2D eigenvalue weighted by molar-refractivity contribution is 6.17. The average molecular weight is 291 g/mol. The molecule has 0 atom stereocenters. The Hall–Kier alpha value is -2.07. The Morgan fingerprint density at radius 3 is 2.85 bits per heavy atom. The molecule has 5 heteroatoms. The lowest BCUT2D eigenvalue weighted by atomic mass is 10.1. The van der Waals surface area contributed by atoms with E-state index in [9.17, 15) is 4.79 Å². The topological polar surface area (TPSA) is 51.2 Å². The number of halogens is 1. The van der Waals surface area contributed by atoms with Gasteiger partial charge in [-0.2, -0.15) is 0 Å². The van der Waals surface area contributed by atoms with Crippen LogP contribution in [0.1, 0.15) is 21.5 Å². The first-order valence-electron chi connectivity index (χ1n) is 6.15. The van der Waals surface area contributed by atoms with Gasteiger partial charge in [0.1, 0.15) is 5.56 Å². The lowest BCUT2D eigenvalue weighted by Gasteiger charge is -2.08. The Balaban J connectivity index is 2.04. The van der Waals surface area contributed by atoms with E-state index in [-0.39, 0.29) is 5.91 Å². The molecule has 2 aromatic rings. The molecule has 104 valence electrons. The number of pyridine rings is 1. The number of alkyl halides is 1. The number of amides is 1. The summed E-state index contributed by atoms with van der Waals surface area (Å²) in [6.45, 7) is 0.432. The Labute approximate surface area is 122 Å². The van der Waals surface area contributed by atoms with Gasteiger partial charge in [0.2, 0.25) is 5.88 Å². The van der Waals surface area contributed by atoms with Gasteiger partial charge in [-0.3, -0.25) is 4.79 Å². The Kier molecular flexibility index (Phi) is 4.96. The molecule has 1 N–H and O–H groups in total. The highest BCUT2D eigenvalue weighted by atomic mass is 35.5. The van der Waals surface area contributed by atoms with Crippen LogP contribution in [0.25, 0.3) is 0 Å². The van der Waals surface area contributed by atoms with Crippen molar-refractivity contribution in [1.29, 1.82) is 0 Å². The predicted molar refractivity (Wildman–Crippen MR) is 78.0 cm³/mol. The SMILES string of the molecule is COc1ncccc1C(=O)NCc1cccc(CCl)c1. The fourth-order valence-corrected chi connectivity index (χ4v) is 1.99. The number of hydrogen-bond acceptors (Lipinski definition) is 3. The van der Waals surface area contributed by atoms with E-state index in [0.29, 0.717) is 23.9 Å². The third-order valence-corrected chi connectivity index (χ3v) is 3.12. The van der Waals surface area contributed by atoms with Gasteiger partial charge in [-0.25, -0.2) is 4.98 Å². The third-order valence-electron chi connectivity index (χ3n) is 2.81. The van der Waals surface area contributed by atoms with Crippen LogP contribution in [0, 0.1) is 0 Å². The number of ether oxygens (including phenoxy) is 1. The van der Waals surface area contributed by atoms with Crippen molar-refractivity contribution < 1.29 is 9.53 Å². The summed E-state index contributed by atoms with van der Waals surface area (Å²) in [6.07, 6.45) is 1.58. The molecule has 0 spiro atoms. The maximum absolute atomic E-state index is 12.1. The van der Waals surface area contributed by atoms with Gasteiger partial charge in [0, 0.05) is 18.6 Å². The van der Waals surface area contributed by atoms with Gasteiger partial charge in [0.25, 0.3) is 5.91 Å². The number of aromatic nitrogens is 1. The van der Waals surface area contributed by atoms with Crippen molar-refractivity contribution >= 4 is 17.5 Å². The molecule has 1 aromatic heterocycles. The molecule has 1 aromatic carbocycles. The van der Waals surface area contributed by atoms with Crippen molar-refractivity contribution in [2.75, 3.05) is 7.11 Å². The summed E-state index contributed by atoms with van der Waals surface area (Å²) < 4.78 is 5.07. The van der Waals surface area contributed by atoms with Gasteiger partial charge < -0.3 is 10.1 Å². The molecular weight excluding hydrogens is 276 g/mol.